The van der Waals surface area contributed by atoms with Crippen molar-refractivity contribution in [3.63, 3.8) is 0 Å². The van der Waals surface area contributed by atoms with Crippen LogP contribution >= 0.6 is 0 Å². The predicted molar refractivity (Wildman–Crippen MR) is 60.9 cm³/mol. The minimum absolute atomic E-state index is 0.177. The Bertz CT molecular complexity index is 425. The molecule has 0 aromatic heterocycles. The second kappa shape index (κ2) is 5.89. The minimum atomic E-state index is -0.550. The number of esters is 1. The summed E-state index contributed by atoms with van der Waals surface area (Å²) >= 11 is 0. The largest absolute Gasteiger partial charge is 0.493 e. The maximum absolute atomic E-state index is 11.7. The molecule has 0 aliphatic heterocycles. The van der Waals surface area contributed by atoms with Crippen LogP contribution in [0.15, 0.2) is 12.1 Å². The highest BCUT2D eigenvalue weighted by Gasteiger charge is 2.19. The lowest BCUT2D eigenvalue weighted by Gasteiger charge is -2.12. The van der Waals surface area contributed by atoms with Crippen molar-refractivity contribution in [1.29, 1.82) is 0 Å². The highest BCUT2D eigenvalue weighted by Crippen LogP contribution is 2.32. The molecule has 0 unspecified atom stereocenters. The molecule has 0 heterocycles. The molecule has 0 amide bonds. The zero-order chi connectivity index (χ0) is 12.8. The average Bonchev–Trinajstić information content (AvgIpc) is 2.37. The molecule has 0 fully saturated rings. The lowest BCUT2D eigenvalue weighted by atomic mass is 10.1. The summed E-state index contributed by atoms with van der Waals surface area (Å²) in [5.41, 5.74) is 0.501. The van der Waals surface area contributed by atoms with Crippen LogP contribution in [0.4, 0.5) is 0 Å². The van der Waals surface area contributed by atoms with Gasteiger partial charge in [0.1, 0.15) is 11.8 Å². The van der Waals surface area contributed by atoms with Crippen LogP contribution in [0.1, 0.15) is 27.6 Å². The van der Waals surface area contributed by atoms with Gasteiger partial charge in [0.05, 0.1) is 20.8 Å². The number of carbonyl (C=O) groups excluding carboxylic acids is 2. The lowest BCUT2D eigenvalue weighted by molar-refractivity contribution is 0.0522. The van der Waals surface area contributed by atoms with Gasteiger partial charge in [0.25, 0.3) is 0 Å². The van der Waals surface area contributed by atoms with E-state index in [0.717, 1.165) is 0 Å². The first-order valence-corrected chi connectivity index (χ1v) is 5.06. The standard InChI is InChI=1S/C12H14O5/c1-4-17-12(14)9-5-8(7-13)6-10(15-2)11(9)16-3/h5-7H,4H2,1-3H3. The number of hydrogen-bond acceptors (Lipinski definition) is 5. The van der Waals surface area contributed by atoms with Gasteiger partial charge in [-0.05, 0) is 19.1 Å². The first-order valence-electron chi connectivity index (χ1n) is 5.06. The number of benzene rings is 1. The van der Waals surface area contributed by atoms with Crippen molar-refractivity contribution in [2.75, 3.05) is 20.8 Å². The van der Waals surface area contributed by atoms with Crippen LogP contribution in [0.2, 0.25) is 0 Å². The molecule has 0 atom stereocenters. The summed E-state index contributed by atoms with van der Waals surface area (Å²) in [4.78, 5) is 22.4. The van der Waals surface area contributed by atoms with Crippen molar-refractivity contribution < 1.29 is 23.8 Å². The fourth-order valence-corrected chi connectivity index (χ4v) is 1.41. The van der Waals surface area contributed by atoms with Crippen LogP contribution in [0.3, 0.4) is 0 Å². The summed E-state index contributed by atoms with van der Waals surface area (Å²) in [6.45, 7) is 1.95. The molecule has 5 heteroatoms. The number of rotatable bonds is 5. The predicted octanol–water partition coefficient (Wildman–Crippen LogP) is 1.69. The van der Waals surface area contributed by atoms with Gasteiger partial charge in [-0.25, -0.2) is 4.79 Å². The first kappa shape index (κ1) is 13.0. The molecule has 0 aliphatic rings. The van der Waals surface area contributed by atoms with Crippen molar-refractivity contribution in [3.05, 3.63) is 23.3 Å². The zero-order valence-electron chi connectivity index (χ0n) is 9.98. The third-order valence-corrected chi connectivity index (χ3v) is 2.13. The van der Waals surface area contributed by atoms with Gasteiger partial charge in [-0.1, -0.05) is 0 Å². The third kappa shape index (κ3) is 2.75. The van der Waals surface area contributed by atoms with Gasteiger partial charge in [-0.2, -0.15) is 0 Å². The van der Waals surface area contributed by atoms with Gasteiger partial charge in [0, 0.05) is 5.56 Å². The molecule has 0 radical (unpaired) electrons. The van der Waals surface area contributed by atoms with E-state index in [1.165, 1.54) is 26.4 Å². The molecular weight excluding hydrogens is 224 g/mol. The van der Waals surface area contributed by atoms with Gasteiger partial charge in [0.2, 0.25) is 0 Å². The summed E-state index contributed by atoms with van der Waals surface area (Å²) in [5.74, 6) is 0.0306. The van der Waals surface area contributed by atoms with Gasteiger partial charge in [0.15, 0.2) is 11.5 Å². The molecule has 5 nitrogen and oxygen atoms in total. The van der Waals surface area contributed by atoms with Gasteiger partial charge in [-0.3, -0.25) is 4.79 Å². The quantitative estimate of drug-likeness (QED) is 0.577. The Morgan fingerprint density at radius 2 is 2.00 bits per heavy atom. The van der Waals surface area contributed by atoms with E-state index >= 15 is 0 Å². The van der Waals surface area contributed by atoms with E-state index in [0.29, 0.717) is 17.6 Å². The summed E-state index contributed by atoms with van der Waals surface area (Å²) < 4.78 is 15.0. The normalized spacial score (nSPS) is 9.59. The van der Waals surface area contributed by atoms with Gasteiger partial charge >= 0.3 is 5.97 Å². The Hall–Kier alpha value is -2.04. The van der Waals surface area contributed by atoms with E-state index in [2.05, 4.69) is 0 Å². The van der Waals surface area contributed by atoms with Gasteiger partial charge in [-0.15, -0.1) is 0 Å². The van der Waals surface area contributed by atoms with E-state index in [9.17, 15) is 9.59 Å². The highest BCUT2D eigenvalue weighted by molar-refractivity contribution is 5.96. The number of ether oxygens (including phenoxy) is 3. The average molecular weight is 238 g/mol. The van der Waals surface area contributed by atoms with E-state index in [-0.39, 0.29) is 17.9 Å². The Labute approximate surface area is 99.3 Å². The molecule has 0 spiro atoms. The number of methoxy groups -OCH3 is 2. The molecule has 17 heavy (non-hydrogen) atoms. The second-order valence-electron chi connectivity index (χ2n) is 3.14. The number of carbonyl (C=O) groups is 2. The zero-order valence-corrected chi connectivity index (χ0v) is 9.98. The molecule has 0 saturated carbocycles. The SMILES string of the molecule is CCOC(=O)c1cc(C=O)cc(OC)c1OC. The van der Waals surface area contributed by atoms with Crippen molar-refractivity contribution in [2.24, 2.45) is 0 Å². The van der Waals surface area contributed by atoms with Crippen LogP contribution in [0, 0.1) is 0 Å². The number of hydrogen-bond donors (Lipinski definition) is 0. The molecule has 0 saturated heterocycles. The van der Waals surface area contributed by atoms with Gasteiger partial charge < -0.3 is 14.2 Å². The van der Waals surface area contributed by atoms with E-state index in [1.807, 2.05) is 0 Å². The molecule has 1 aromatic rings. The topological polar surface area (TPSA) is 61.8 Å². The Morgan fingerprint density at radius 3 is 2.47 bits per heavy atom. The number of aldehydes is 1. The Morgan fingerprint density at radius 1 is 1.29 bits per heavy atom. The molecule has 1 aromatic carbocycles. The molecule has 0 bridgehead atoms. The van der Waals surface area contributed by atoms with Crippen LogP contribution in [0.5, 0.6) is 11.5 Å². The molecule has 1 rings (SSSR count). The summed E-state index contributed by atoms with van der Waals surface area (Å²) in [7, 11) is 2.85. The monoisotopic (exact) mass is 238 g/mol. The fraction of sp³-hybridized carbons (Fsp3) is 0.333. The summed E-state index contributed by atoms with van der Waals surface area (Å²) in [6, 6.07) is 2.90. The summed E-state index contributed by atoms with van der Waals surface area (Å²) in [5, 5.41) is 0. The van der Waals surface area contributed by atoms with E-state index in [1.54, 1.807) is 6.92 Å². The van der Waals surface area contributed by atoms with Crippen LogP contribution < -0.4 is 9.47 Å². The maximum atomic E-state index is 11.7. The Kier molecular flexibility index (Phi) is 4.51. The fourth-order valence-electron chi connectivity index (χ4n) is 1.41. The van der Waals surface area contributed by atoms with Crippen molar-refractivity contribution in [3.8, 4) is 11.5 Å². The van der Waals surface area contributed by atoms with E-state index < -0.39 is 5.97 Å². The van der Waals surface area contributed by atoms with E-state index in [4.69, 9.17) is 14.2 Å². The maximum Gasteiger partial charge on any atom is 0.342 e. The van der Waals surface area contributed by atoms with Crippen LogP contribution in [0.25, 0.3) is 0 Å². The minimum Gasteiger partial charge on any atom is -0.493 e. The second-order valence-corrected chi connectivity index (χ2v) is 3.14. The third-order valence-electron chi connectivity index (χ3n) is 2.13. The molecule has 92 valence electrons. The smallest absolute Gasteiger partial charge is 0.342 e. The van der Waals surface area contributed by atoms with Crippen molar-refractivity contribution >= 4 is 12.3 Å². The Balaban J connectivity index is 3.33. The highest BCUT2D eigenvalue weighted by atomic mass is 16.5. The van der Waals surface area contributed by atoms with Crippen molar-refractivity contribution in [1.82, 2.24) is 0 Å². The van der Waals surface area contributed by atoms with Crippen molar-refractivity contribution in [2.45, 2.75) is 6.92 Å². The van der Waals surface area contributed by atoms with Crippen LogP contribution in [-0.4, -0.2) is 33.1 Å². The lowest BCUT2D eigenvalue weighted by Crippen LogP contribution is -2.08. The molecular formula is C12H14O5. The molecule has 0 N–H and O–H groups in total. The molecule has 0 aliphatic carbocycles. The summed E-state index contributed by atoms with van der Waals surface area (Å²) in [6.07, 6.45) is 0.630. The first-order chi connectivity index (χ1) is 8.17. The van der Waals surface area contributed by atoms with Crippen LogP contribution in [-0.2, 0) is 4.74 Å².